The summed E-state index contributed by atoms with van der Waals surface area (Å²) in [5, 5.41) is 8.75. The number of amides is 1. The lowest BCUT2D eigenvalue weighted by atomic mass is 9.95. The van der Waals surface area contributed by atoms with Gasteiger partial charge in [-0.15, -0.1) is 0 Å². The average Bonchev–Trinajstić information content (AvgIpc) is 2.15. The van der Waals surface area contributed by atoms with E-state index in [0.29, 0.717) is 11.3 Å². The van der Waals surface area contributed by atoms with Crippen molar-refractivity contribution in [2.45, 2.75) is 19.3 Å². The molecule has 1 amide bonds. The normalized spacial score (nSPS) is 11.7. The lowest BCUT2D eigenvalue weighted by molar-refractivity contribution is -0.118. The first-order valence-electron chi connectivity index (χ1n) is 4.61. The van der Waals surface area contributed by atoms with Gasteiger partial charge in [0, 0.05) is 12.1 Å². The van der Waals surface area contributed by atoms with Crippen LogP contribution in [0.4, 0.5) is 5.69 Å². The number of hydrogen-bond acceptors (Lipinski definition) is 3. The molecule has 15 heavy (non-hydrogen) atoms. The Morgan fingerprint density at radius 2 is 2.20 bits per heavy atom. The van der Waals surface area contributed by atoms with Crippen molar-refractivity contribution >= 4 is 11.6 Å². The van der Waals surface area contributed by atoms with Crippen molar-refractivity contribution in [2.75, 3.05) is 5.73 Å². The van der Waals surface area contributed by atoms with Crippen molar-refractivity contribution in [3.63, 3.8) is 0 Å². The van der Waals surface area contributed by atoms with Crippen molar-refractivity contribution in [3.8, 4) is 6.07 Å². The molecule has 4 N–H and O–H groups in total. The van der Waals surface area contributed by atoms with Gasteiger partial charge in [0.1, 0.15) is 0 Å². The number of nitrogens with two attached hydrogens (primary N) is 2. The number of benzene rings is 1. The Morgan fingerprint density at radius 3 is 2.73 bits per heavy atom. The van der Waals surface area contributed by atoms with Crippen molar-refractivity contribution in [3.05, 3.63) is 29.3 Å². The molecule has 0 fully saturated rings. The molecule has 78 valence electrons. The fourth-order valence-electron chi connectivity index (χ4n) is 1.45. The second kappa shape index (κ2) is 4.47. The molecule has 0 aromatic heterocycles. The summed E-state index contributed by atoms with van der Waals surface area (Å²) in [6.07, 6.45) is 0.258. The minimum absolute atomic E-state index is 0.0156. The third-order valence-corrected chi connectivity index (χ3v) is 2.18. The summed E-state index contributed by atoms with van der Waals surface area (Å²) in [5.41, 5.74) is 12.6. The van der Waals surface area contributed by atoms with Crippen LogP contribution < -0.4 is 11.5 Å². The van der Waals surface area contributed by atoms with Crippen molar-refractivity contribution in [2.24, 2.45) is 5.73 Å². The standard InChI is InChI=1S/C11H13N3O/c1-7(2-11(14)15)9-3-8(6-12)4-10(13)5-9/h3-5,7H,2,13H2,1H3,(H2,14,15). The van der Waals surface area contributed by atoms with Gasteiger partial charge in [0.2, 0.25) is 5.91 Å². The molecule has 0 aliphatic heterocycles. The highest BCUT2D eigenvalue weighted by atomic mass is 16.1. The Bertz CT molecular complexity index is 420. The first-order chi connectivity index (χ1) is 7.02. The van der Waals surface area contributed by atoms with Crippen LogP contribution in [0.15, 0.2) is 18.2 Å². The van der Waals surface area contributed by atoms with Gasteiger partial charge in [-0.25, -0.2) is 0 Å². The number of hydrogen-bond donors (Lipinski definition) is 2. The molecule has 4 heteroatoms. The maximum atomic E-state index is 10.7. The predicted octanol–water partition coefficient (Wildman–Crippen LogP) is 1.12. The molecule has 0 saturated carbocycles. The van der Waals surface area contributed by atoms with Gasteiger partial charge >= 0.3 is 0 Å². The van der Waals surface area contributed by atoms with Crippen LogP contribution in [0.3, 0.4) is 0 Å². The minimum Gasteiger partial charge on any atom is -0.399 e. The largest absolute Gasteiger partial charge is 0.399 e. The highest BCUT2D eigenvalue weighted by Gasteiger charge is 2.10. The zero-order chi connectivity index (χ0) is 11.4. The van der Waals surface area contributed by atoms with E-state index in [1.807, 2.05) is 13.0 Å². The van der Waals surface area contributed by atoms with Gasteiger partial charge in [0.25, 0.3) is 0 Å². The lowest BCUT2D eigenvalue weighted by Crippen LogP contribution is -2.13. The van der Waals surface area contributed by atoms with Gasteiger partial charge in [0.15, 0.2) is 0 Å². The Morgan fingerprint density at radius 1 is 1.53 bits per heavy atom. The van der Waals surface area contributed by atoms with Crippen LogP contribution in [0, 0.1) is 11.3 Å². The maximum Gasteiger partial charge on any atom is 0.218 e. The molecular weight excluding hydrogens is 190 g/mol. The summed E-state index contributed by atoms with van der Waals surface area (Å²) >= 11 is 0. The molecule has 1 atom stereocenters. The summed E-state index contributed by atoms with van der Waals surface area (Å²) in [5.74, 6) is -0.374. The third-order valence-electron chi connectivity index (χ3n) is 2.18. The smallest absolute Gasteiger partial charge is 0.218 e. The van der Waals surface area contributed by atoms with Crippen LogP contribution in [0.2, 0.25) is 0 Å². The SMILES string of the molecule is CC(CC(N)=O)c1cc(N)cc(C#N)c1. The van der Waals surface area contributed by atoms with Crippen molar-refractivity contribution in [1.29, 1.82) is 5.26 Å². The Labute approximate surface area is 88.5 Å². The summed E-state index contributed by atoms with van der Waals surface area (Å²) in [4.78, 5) is 10.7. The Kier molecular flexibility index (Phi) is 3.29. The van der Waals surface area contributed by atoms with Crippen LogP contribution in [0.1, 0.15) is 30.4 Å². The van der Waals surface area contributed by atoms with E-state index in [2.05, 4.69) is 0 Å². The maximum absolute atomic E-state index is 10.7. The summed E-state index contributed by atoms with van der Waals surface area (Å²) in [6, 6.07) is 7.10. The van der Waals surface area contributed by atoms with Crippen molar-refractivity contribution in [1.82, 2.24) is 0 Å². The van der Waals surface area contributed by atoms with Crippen LogP contribution >= 0.6 is 0 Å². The number of anilines is 1. The average molecular weight is 203 g/mol. The molecule has 0 heterocycles. The highest BCUT2D eigenvalue weighted by molar-refractivity contribution is 5.74. The summed E-state index contributed by atoms with van der Waals surface area (Å²) in [6.45, 7) is 1.88. The minimum atomic E-state index is -0.358. The van der Waals surface area contributed by atoms with E-state index in [1.165, 1.54) is 0 Å². The van der Waals surface area contributed by atoms with Crippen LogP contribution in [0.25, 0.3) is 0 Å². The zero-order valence-corrected chi connectivity index (χ0v) is 8.53. The fourth-order valence-corrected chi connectivity index (χ4v) is 1.45. The van der Waals surface area contributed by atoms with E-state index in [0.717, 1.165) is 5.56 Å². The second-order valence-corrected chi connectivity index (χ2v) is 3.57. The van der Waals surface area contributed by atoms with Gasteiger partial charge < -0.3 is 11.5 Å². The molecule has 1 aromatic carbocycles. The predicted molar refractivity (Wildman–Crippen MR) is 57.8 cm³/mol. The van der Waals surface area contributed by atoms with Crippen molar-refractivity contribution < 1.29 is 4.79 Å². The fraction of sp³-hybridized carbons (Fsp3) is 0.273. The first kappa shape index (κ1) is 11.1. The quantitative estimate of drug-likeness (QED) is 0.721. The molecule has 1 unspecified atom stereocenters. The molecule has 1 rings (SSSR count). The number of nitrogens with zero attached hydrogens (tertiary/aromatic N) is 1. The number of carbonyl (C=O) groups is 1. The molecule has 0 radical (unpaired) electrons. The topological polar surface area (TPSA) is 92.9 Å². The lowest BCUT2D eigenvalue weighted by Gasteiger charge is -2.10. The number of rotatable bonds is 3. The molecule has 1 aromatic rings. The second-order valence-electron chi connectivity index (χ2n) is 3.57. The molecule has 0 spiro atoms. The van der Waals surface area contributed by atoms with Gasteiger partial charge in [-0.05, 0) is 29.7 Å². The monoisotopic (exact) mass is 203 g/mol. The van der Waals surface area contributed by atoms with Gasteiger partial charge in [-0.1, -0.05) is 6.92 Å². The number of carbonyl (C=O) groups excluding carboxylic acids is 1. The van der Waals surface area contributed by atoms with Crippen LogP contribution in [-0.2, 0) is 4.79 Å². The number of nitrogen functional groups attached to an aromatic ring is 1. The first-order valence-corrected chi connectivity index (χ1v) is 4.61. The zero-order valence-electron chi connectivity index (χ0n) is 8.53. The van der Waals surface area contributed by atoms with Gasteiger partial charge in [0.05, 0.1) is 11.6 Å². The molecule has 4 nitrogen and oxygen atoms in total. The highest BCUT2D eigenvalue weighted by Crippen LogP contribution is 2.22. The van der Waals surface area contributed by atoms with E-state index in [1.54, 1.807) is 18.2 Å². The van der Waals surface area contributed by atoms with Gasteiger partial charge in [-0.3, -0.25) is 4.79 Å². The molecular formula is C11H13N3O. The number of nitriles is 1. The Hall–Kier alpha value is -2.02. The molecule has 0 saturated heterocycles. The summed E-state index contributed by atoms with van der Waals surface area (Å²) in [7, 11) is 0. The van der Waals surface area contributed by atoms with Crippen LogP contribution in [0.5, 0.6) is 0 Å². The van der Waals surface area contributed by atoms with Gasteiger partial charge in [-0.2, -0.15) is 5.26 Å². The van der Waals surface area contributed by atoms with E-state index in [-0.39, 0.29) is 18.2 Å². The third kappa shape index (κ3) is 2.99. The van der Waals surface area contributed by atoms with E-state index < -0.39 is 0 Å². The molecule has 0 bridgehead atoms. The Balaban J connectivity index is 2.99. The van der Waals surface area contributed by atoms with E-state index in [4.69, 9.17) is 16.7 Å². The molecule has 0 aliphatic rings. The molecule has 0 aliphatic carbocycles. The van der Waals surface area contributed by atoms with E-state index in [9.17, 15) is 4.79 Å². The van der Waals surface area contributed by atoms with Crippen LogP contribution in [-0.4, -0.2) is 5.91 Å². The van der Waals surface area contributed by atoms with E-state index >= 15 is 0 Å². The summed E-state index contributed by atoms with van der Waals surface area (Å²) < 4.78 is 0. The number of primary amides is 1.